The molecule has 0 aliphatic rings. The Kier molecular flexibility index (Phi) is 4.61. The Morgan fingerprint density at radius 3 is 2.56 bits per heavy atom. The molecule has 0 spiro atoms. The molecule has 0 unspecified atom stereocenters. The van der Waals surface area contributed by atoms with Crippen molar-refractivity contribution in [1.82, 2.24) is 4.98 Å². The maximum absolute atomic E-state index is 12.6. The SMILES string of the molecule is O=c1[nH]c2sc(Cl)c(CO)c2c(O)c1-c1cccc(Oc2ccccc2)c1. The number of ether oxygens (including phenoxy) is 1. The quantitative estimate of drug-likeness (QED) is 0.455. The smallest absolute Gasteiger partial charge is 0.260 e. The number of pyridine rings is 1. The minimum absolute atomic E-state index is 0.102. The van der Waals surface area contributed by atoms with E-state index < -0.39 is 5.56 Å². The van der Waals surface area contributed by atoms with Crippen LogP contribution in [0, 0.1) is 0 Å². The second-order valence-corrected chi connectivity index (χ2v) is 7.46. The lowest BCUT2D eigenvalue weighted by Gasteiger charge is -2.09. The first kappa shape index (κ1) is 17.6. The Labute approximate surface area is 163 Å². The molecule has 4 aromatic rings. The summed E-state index contributed by atoms with van der Waals surface area (Å²) >= 11 is 7.22. The lowest BCUT2D eigenvalue weighted by Crippen LogP contribution is -2.08. The van der Waals surface area contributed by atoms with Crippen LogP contribution in [-0.4, -0.2) is 15.2 Å². The number of fused-ring (bicyclic) bond motifs is 1. The van der Waals surface area contributed by atoms with Crippen LogP contribution in [0.1, 0.15) is 5.56 Å². The first-order valence-corrected chi connectivity index (χ1v) is 9.28. The Balaban J connectivity index is 1.85. The summed E-state index contributed by atoms with van der Waals surface area (Å²) in [5, 5.41) is 20.7. The average Bonchev–Trinajstić information content (AvgIpc) is 2.98. The predicted octanol–water partition coefficient (Wildman–Crippen LogP) is 4.90. The van der Waals surface area contributed by atoms with Crippen molar-refractivity contribution < 1.29 is 14.9 Å². The monoisotopic (exact) mass is 399 g/mol. The van der Waals surface area contributed by atoms with Gasteiger partial charge in [-0.1, -0.05) is 41.9 Å². The van der Waals surface area contributed by atoms with Crippen molar-refractivity contribution in [1.29, 1.82) is 0 Å². The normalized spacial score (nSPS) is 11.0. The van der Waals surface area contributed by atoms with Crippen LogP contribution in [0.25, 0.3) is 21.3 Å². The van der Waals surface area contributed by atoms with Gasteiger partial charge in [-0.3, -0.25) is 4.79 Å². The second kappa shape index (κ2) is 7.08. The number of halogens is 1. The summed E-state index contributed by atoms with van der Waals surface area (Å²) < 4.78 is 6.13. The van der Waals surface area contributed by atoms with Gasteiger partial charge in [-0.2, -0.15) is 0 Å². The van der Waals surface area contributed by atoms with Crippen molar-refractivity contribution >= 4 is 33.2 Å². The zero-order chi connectivity index (χ0) is 19.0. The van der Waals surface area contributed by atoms with E-state index in [1.54, 1.807) is 24.3 Å². The zero-order valence-corrected chi connectivity index (χ0v) is 15.5. The highest BCUT2D eigenvalue weighted by atomic mass is 35.5. The van der Waals surface area contributed by atoms with Gasteiger partial charge >= 0.3 is 0 Å². The van der Waals surface area contributed by atoms with Gasteiger partial charge in [0.15, 0.2) is 0 Å². The molecule has 5 nitrogen and oxygen atoms in total. The van der Waals surface area contributed by atoms with E-state index >= 15 is 0 Å². The van der Waals surface area contributed by atoms with E-state index in [4.69, 9.17) is 16.3 Å². The zero-order valence-electron chi connectivity index (χ0n) is 13.9. The Morgan fingerprint density at radius 1 is 1.07 bits per heavy atom. The van der Waals surface area contributed by atoms with Gasteiger partial charge in [0, 0.05) is 5.56 Å². The number of thiophene rings is 1. The Morgan fingerprint density at radius 2 is 1.81 bits per heavy atom. The molecule has 136 valence electrons. The summed E-state index contributed by atoms with van der Waals surface area (Å²) in [6.07, 6.45) is 0. The molecule has 0 fully saturated rings. The van der Waals surface area contributed by atoms with Gasteiger partial charge < -0.3 is 19.9 Å². The van der Waals surface area contributed by atoms with E-state index in [9.17, 15) is 15.0 Å². The number of aliphatic hydroxyl groups excluding tert-OH is 1. The highest BCUT2D eigenvalue weighted by molar-refractivity contribution is 7.22. The topological polar surface area (TPSA) is 82.6 Å². The summed E-state index contributed by atoms with van der Waals surface area (Å²) in [4.78, 5) is 15.7. The van der Waals surface area contributed by atoms with E-state index in [1.165, 1.54) is 0 Å². The Hall–Kier alpha value is -2.80. The first-order chi connectivity index (χ1) is 13.1. The van der Waals surface area contributed by atoms with Crippen LogP contribution in [0.2, 0.25) is 4.34 Å². The van der Waals surface area contributed by atoms with Crippen LogP contribution in [0.3, 0.4) is 0 Å². The van der Waals surface area contributed by atoms with Gasteiger partial charge in [0.05, 0.1) is 17.6 Å². The molecule has 0 bridgehead atoms. The molecule has 0 aliphatic heterocycles. The fourth-order valence-corrected chi connectivity index (χ4v) is 4.24. The number of aromatic amines is 1. The molecule has 0 saturated heterocycles. The molecule has 2 heterocycles. The minimum Gasteiger partial charge on any atom is -0.506 e. The number of benzene rings is 2. The van der Waals surface area contributed by atoms with E-state index in [-0.39, 0.29) is 17.9 Å². The molecular weight excluding hydrogens is 386 g/mol. The summed E-state index contributed by atoms with van der Waals surface area (Å²) in [7, 11) is 0. The van der Waals surface area contributed by atoms with Crippen LogP contribution in [0.15, 0.2) is 59.4 Å². The maximum atomic E-state index is 12.6. The van der Waals surface area contributed by atoms with Gasteiger partial charge in [0.25, 0.3) is 5.56 Å². The molecule has 2 aromatic carbocycles. The second-order valence-electron chi connectivity index (χ2n) is 5.84. The van der Waals surface area contributed by atoms with Crippen molar-refractivity contribution in [3.05, 3.63) is 74.9 Å². The molecule has 2 aromatic heterocycles. The third kappa shape index (κ3) is 3.19. The van der Waals surface area contributed by atoms with E-state index in [0.29, 0.717) is 37.2 Å². The van der Waals surface area contributed by atoms with E-state index in [0.717, 1.165) is 11.3 Å². The number of hydrogen-bond donors (Lipinski definition) is 3. The van der Waals surface area contributed by atoms with Gasteiger partial charge in [0.1, 0.15) is 26.4 Å². The summed E-state index contributed by atoms with van der Waals surface area (Å²) in [5.41, 5.74) is 0.545. The molecule has 0 saturated carbocycles. The summed E-state index contributed by atoms with van der Waals surface area (Å²) in [6.45, 7) is -0.338. The highest BCUT2D eigenvalue weighted by Crippen LogP contribution is 2.42. The number of aromatic nitrogens is 1. The lowest BCUT2D eigenvalue weighted by atomic mass is 10.0. The third-order valence-electron chi connectivity index (χ3n) is 4.15. The van der Waals surface area contributed by atoms with Crippen LogP contribution < -0.4 is 10.3 Å². The number of hydrogen-bond acceptors (Lipinski definition) is 5. The number of aromatic hydroxyl groups is 1. The predicted molar refractivity (Wildman–Crippen MR) is 107 cm³/mol. The van der Waals surface area contributed by atoms with Crippen molar-refractivity contribution in [3.63, 3.8) is 0 Å². The van der Waals surface area contributed by atoms with Gasteiger partial charge in [-0.05, 0) is 29.8 Å². The maximum Gasteiger partial charge on any atom is 0.260 e. The van der Waals surface area contributed by atoms with Crippen LogP contribution in [-0.2, 0) is 6.61 Å². The number of para-hydroxylation sites is 1. The average molecular weight is 400 g/mol. The first-order valence-electron chi connectivity index (χ1n) is 8.09. The standard InChI is InChI=1S/C20H14ClNO4S/c21-18-14(10-23)16-17(24)15(19(25)22-20(16)27-18)11-5-4-8-13(9-11)26-12-6-2-1-3-7-12/h1-9,23H,10H2,(H2,22,24,25). The molecule has 0 amide bonds. The van der Waals surface area contributed by atoms with E-state index in [2.05, 4.69) is 4.98 Å². The molecular formula is C20H14ClNO4S. The number of H-pyrrole nitrogens is 1. The van der Waals surface area contributed by atoms with Crippen molar-refractivity contribution in [2.75, 3.05) is 0 Å². The third-order valence-corrected chi connectivity index (χ3v) is 5.54. The fourth-order valence-electron chi connectivity index (χ4n) is 2.92. The van der Waals surface area contributed by atoms with Crippen LogP contribution >= 0.6 is 22.9 Å². The molecule has 4 rings (SSSR count). The largest absolute Gasteiger partial charge is 0.506 e. The van der Waals surface area contributed by atoms with Gasteiger partial charge in [0.2, 0.25) is 0 Å². The van der Waals surface area contributed by atoms with Crippen molar-refractivity contribution in [2.24, 2.45) is 0 Å². The Bertz CT molecular complexity index is 1180. The fraction of sp³-hybridized carbons (Fsp3) is 0.0500. The number of aliphatic hydroxyl groups is 1. The molecule has 0 radical (unpaired) electrons. The number of rotatable bonds is 4. The van der Waals surface area contributed by atoms with Gasteiger partial charge in [-0.15, -0.1) is 11.3 Å². The molecule has 7 heteroatoms. The van der Waals surface area contributed by atoms with Crippen molar-refractivity contribution in [2.45, 2.75) is 6.61 Å². The molecule has 0 aliphatic carbocycles. The minimum atomic E-state index is -0.445. The van der Waals surface area contributed by atoms with Crippen molar-refractivity contribution in [3.8, 4) is 28.4 Å². The van der Waals surface area contributed by atoms with E-state index in [1.807, 2.05) is 30.3 Å². The highest BCUT2D eigenvalue weighted by Gasteiger charge is 2.20. The van der Waals surface area contributed by atoms with Gasteiger partial charge in [-0.25, -0.2) is 0 Å². The van der Waals surface area contributed by atoms with Crippen LogP contribution in [0.4, 0.5) is 0 Å². The molecule has 0 atom stereocenters. The van der Waals surface area contributed by atoms with Crippen LogP contribution in [0.5, 0.6) is 17.2 Å². The molecule has 27 heavy (non-hydrogen) atoms. The summed E-state index contributed by atoms with van der Waals surface area (Å²) in [5.74, 6) is 0.983. The molecule has 3 N–H and O–H groups in total. The number of nitrogens with one attached hydrogen (secondary N) is 1. The lowest BCUT2D eigenvalue weighted by molar-refractivity contribution is 0.283. The summed E-state index contributed by atoms with van der Waals surface area (Å²) in [6, 6.07) is 16.1.